The molecule has 96 valence electrons. The first-order valence-corrected chi connectivity index (χ1v) is 6.05. The van der Waals surface area contributed by atoms with E-state index in [9.17, 15) is 4.39 Å². The average Bonchev–Trinajstić information content (AvgIpc) is 2.37. The number of terminal acetylenes is 1. The molecule has 0 amide bonds. The molecule has 0 aromatic heterocycles. The summed E-state index contributed by atoms with van der Waals surface area (Å²) in [5.74, 6) is 3.10. The lowest BCUT2D eigenvalue weighted by molar-refractivity contribution is 0.305. The van der Waals surface area contributed by atoms with Gasteiger partial charge in [-0.3, -0.25) is 0 Å². The van der Waals surface area contributed by atoms with Gasteiger partial charge in [-0.1, -0.05) is 24.1 Å². The van der Waals surface area contributed by atoms with Gasteiger partial charge in [-0.05, 0) is 48.7 Å². The van der Waals surface area contributed by atoms with Crippen molar-refractivity contribution in [2.75, 3.05) is 0 Å². The monoisotopic (exact) mass is 254 g/mol. The van der Waals surface area contributed by atoms with Crippen LogP contribution in [-0.2, 0) is 6.61 Å². The Bertz CT molecular complexity index is 621. The number of benzene rings is 2. The molecule has 0 aliphatic carbocycles. The predicted octanol–water partition coefficient (Wildman–Crippen LogP) is 4.00. The van der Waals surface area contributed by atoms with Gasteiger partial charge in [-0.2, -0.15) is 0 Å². The van der Waals surface area contributed by atoms with Gasteiger partial charge >= 0.3 is 0 Å². The fourth-order valence-corrected chi connectivity index (χ4v) is 1.97. The Balaban J connectivity index is 2.20. The zero-order chi connectivity index (χ0) is 13.8. The van der Waals surface area contributed by atoms with E-state index in [1.165, 1.54) is 12.1 Å². The summed E-state index contributed by atoms with van der Waals surface area (Å²) in [6.45, 7) is 4.34. The van der Waals surface area contributed by atoms with Gasteiger partial charge in [0.25, 0.3) is 0 Å². The Morgan fingerprint density at radius 1 is 1.16 bits per heavy atom. The van der Waals surface area contributed by atoms with Crippen molar-refractivity contribution in [3.63, 3.8) is 0 Å². The summed E-state index contributed by atoms with van der Waals surface area (Å²) in [5.41, 5.74) is 3.80. The summed E-state index contributed by atoms with van der Waals surface area (Å²) in [6, 6.07) is 10.2. The molecule has 0 fully saturated rings. The first kappa shape index (κ1) is 13.2. The first-order chi connectivity index (χ1) is 9.10. The van der Waals surface area contributed by atoms with Crippen LogP contribution in [0.2, 0.25) is 0 Å². The summed E-state index contributed by atoms with van der Waals surface area (Å²) >= 11 is 0. The summed E-state index contributed by atoms with van der Waals surface area (Å²) in [7, 11) is 0. The van der Waals surface area contributed by atoms with Crippen LogP contribution in [0, 0.1) is 32.0 Å². The molecule has 19 heavy (non-hydrogen) atoms. The number of aryl methyl sites for hydroxylation is 2. The number of hydrogen-bond acceptors (Lipinski definition) is 1. The Morgan fingerprint density at radius 3 is 2.47 bits per heavy atom. The fourth-order valence-electron chi connectivity index (χ4n) is 1.97. The van der Waals surface area contributed by atoms with Gasteiger partial charge in [0.15, 0.2) is 0 Å². The third-order valence-corrected chi connectivity index (χ3v) is 2.90. The van der Waals surface area contributed by atoms with Gasteiger partial charge < -0.3 is 4.74 Å². The van der Waals surface area contributed by atoms with Crippen LogP contribution in [0.1, 0.15) is 22.3 Å². The van der Waals surface area contributed by atoms with Gasteiger partial charge in [-0.15, -0.1) is 6.42 Å². The molecule has 0 unspecified atom stereocenters. The van der Waals surface area contributed by atoms with E-state index >= 15 is 0 Å². The van der Waals surface area contributed by atoms with E-state index in [1.807, 2.05) is 26.0 Å². The fraction of sp³-hybridized carbons (Fsp3) is 0.176. The molecule has 0 aliphatic heterocycles. The first-order valence-electron chi connectivity index (χ1n) is 6.05. The molecule has 0 N–H and O–H groups in total. The van der Waals surface area contributed by atoms with Crippen LogP contribution in [0.5, 0.6) is 5.75 Å². The molecule has 0 aliphatic rings. The van der Waals surface area contributed by atoms with Gasteiger partial charge in [-0.25, -0.2) is 4.39 Å². The third kappa shape index (κ3) is 3.14. The van der Waals surface area contributed by atoms with Crippen LogP contribution in [0.3, 0.4) is 0 Å². The minimum absolute atomic E-state index is 0.250. The lowest BCUT2D eigenvalue weighted by atomic mass is 10.1. The summed E-state index contributed by atoms with van der Waals surface area (Å²) in [5, 5.41) is 0. The van der Waals surface area contributed by atoms with E-state index in [0.717, 1.165) is 22.3 Å². The SMILES string of the molecule is C#Cc1c(C)cc(C)cc1OCc1ccc(F)cc1. The number of hydrogen-bond donors (Lipinski definition) is 0. The molecular weight excluding hydrogens is 239 g/mol. The standard InChI is InChI=1S/C17H15FO/c1-4-16-13(3)9-12(2)10-17(16)19-11-14-5-7-15(18)8-6-14/h1,5-10H,11H2,2-3H3. The van der Waals surface area contributed by atoms with Crippen molar-refractivity contribution in [2.45, 2.75) is 20.5 Å². The topological polar surface area (TPSA) is 9.23 Å². The van der Waals surface area contributed by atoms with Crippen molar-refractivity contribution in [2.24, 2.45) is 0 Å². The molecule has 0 radical (unpaired) electrons. The molecule has 2 rings (SSSR count). The minimum atomic E-state index is -0.250. The average molecular weight is 254 g/mol. The molecule has 2 aromatic rings. The van der Waals surface area contributed by atoms with E-state index < -0.39 is 0 Å². The van der Waals surface area contributed by atoms with E-state index in [4.69, 9.17) is 11.2 Å². The van der Waals surface area contributed by atoms with Crippen molar-refractivity contribution < 1.29 is 9.13 Å². The summed E-state index contributed by atoms with van der Waals surface area (Å²) in [6.07, 6.45) is 5.51. The molecular formula is C17H15FO. The van der Waals surface area contributed by atoms with Crippen molar-refractivity contribution in [1.29, 1.82) is 0 Å². The van der Waals surface area contributed by atoms with Crippen molar-refractivity contribution in [3.05, 3.63) is 64.5 Å². The van der Waals surface area contributed by atoms with Gasteiger partial charge in [0.05, 0.1) is 5.56 Å². The highest BCUT2D eigenvalue weighted by molar-refractivity contribution is 5.52. The highest BCUT2D eigenvalue weighted by atomic mass is 19.1. The second-order valence-electron chi connectivity index (χ2n) is 4.51. The Kier molecular flexibility index (Phi) is 3.87. The molecule has 0 saturated heterocycles. The lowest BCUT2D eigenvalue weighted by Crippen LogP contribution is -1.99. The van der Waals surface area contributed by atoms with Crippen molar-refractivity contribution in [1.82, 2.24) is 0 Å². The van der Waals surface area contributed by atoms with Crippen molar-refractivity contribution >= 4 is 0 Å². The third-order valence-electron chi connectivity index (χ3n) is 2.90. The zero-order valence-electron chi connectivity index (χ0n) is 11.0. The lowest BCUT2D eigenvalue weighted by Gasteiger charge is -2.11. The maximum atomic E-state index is 12.8. The van der Waals surface area contributed by atoms with Crippen LogP contribution >= 0.6 is 0 Å². The van der Waals surface area contributed by atoms with Crippen molar-refractivity contribution in [3.8, 4) is 18.1 Å². The van der Waals surface area contributed by atoms with Crippen LogP contribution < -0.4 is 4.74 Å². The zero-order valence-corrected chi connectivity index (χ0v) is 11.0. The van der Waals surface area contributed by atoms with Crippen LogP contribution in [0.25, 0.3) is 0 Å². The quantitative estimate of drug-likeness (QED) is 0.752. The highest BCUT2D eigenvalue weighted by Crippen LogP contribution is 2.24. The van der Waals surface area contributed by atoms with E-state index in [-0.39, 0.29) is 5.82 Å². The van der Waals surface area contributed by atoms with Crippen LogP contribution in [-0.4, -0.2) is 0 Å². The summed E-state index contributed by atoms with van der Waals surface area (Å²) in [4.78, 5) is 0. The maximum Gasteiger partial charge on any atom is 0.135 e. The van der Waals surface area contributed by atoms with Crippen LogP contribution in [0.4, 0.5) is 4.39 Å². The Labute approximate surface area is 113 Å². The Morgan fingerprint density at radius 2 is 1.84 bits per heavy atom. The Hall–Kier alpha value is -2.27. The summed E-state index contributed by atoms with van der Waals surface area (Å²) < 4.78 is 18.6. The number of rotatable bonds is 3. The van der Waals surface area contributed by atoms with Crippen LogP contribution in [0.15, 0.2) is 36.4 Å². The molecule has 0 spiro atoms. The molecule has 2 aromatic carbocycles. The van der Waals surface area contributed by atoms with Gasteiger partial charge in [0, 0.05) is 0 Å². The molecule has 0 heterocycles. The molecule has 1 nitrogen and oxygen atoms in total. The molecule has 0 saturated carbocycles. The second-order valence-corrected chi connectivity index (χ2v) is 4.51. The number of ether oxygens (including phenoxy) is 1. The smallest absolute Gasteiger partial charge is 0.135 e. The predicted molar refractivity (Wildman–Crippen MR) is 74.6 cm³/mol. The minimum Gasteiger partial charge on any atom is -0.488 e. The highest BCUT2D eigenvalue weighted by Gasteiger charge is 2.06. The van der Waals surface area contributed by atoms with E-state index in [1.54, 1.807) is 12.1 Å². The normalized spacial score (nSPS) is 10.0. The van der Waals surface area contributed by atoms with Gasteiger partial charge in [0.2, 0.25) is 0 Å². The molecule has 0 atom stereocenters. The number of halogens is 1. The molecule has 0 bridgehead atoms. The second kappa shape index (κ2) is 5.58. The maximum absolute atomic E-state index is 12.8. The van der Waals surface area contributed by atoms with E-state index in [0.29, 0.717) is 12.4 Å². The molecule has 2 heteroatoms. The van der Waals surface area contributed by atoms with Gasteiger partial charge in [0.1, 0.15) is 18.2 Å². The largest absolute Gasteiger partial charge is 0.488 e. The van der Waals surface area contributed by atoms with E-state index in [2.05, 4.69) is 5.92 Å².